The molecule has 1 fully saturated rings. The first-order valence-corrected chi connectivity index (χ1v) is 11.0. The normalized spacial score (nSPS) is 16.4. The summed E-state index contributed by atoms with van der Waals surface area (Å²) < 4.78 is 7.68. The molecule has 0 spiro atoms. The third kappa shape index (κ3) is 3.99. The van der Waals surface area contributed by atoms with Crippen molar-refractivity contribution in [3.05, 3.63) is 81.7 Å². The largest absolute Gasteiger partial charge is 0.370 e. The summed E-state index contributed by atoms with van der Waals surface area (Å²) in [5.74, 6) is 0.614. The van der Waals surface area contributed by atoms with Crippen LogP contribution in [0, 0.1) is 0 Å². The molecule has 1 aromatic carbocycles. The first kappa shape index (κ1) is 19.6. The standard InChI is InChI=1S/C23H21N5O2S/c1-27-22(29)12-20(19-5-7-24-15-25-19)26-23(27)28-8-9-30-21(13-28)17-4-2-3-16(11-17)18-6-10-31-14-18/h2-7,10-12,14-15,21H,8-9,13H2,1H3. The highest BCUT2D eigenvalue weighted by Crippen LogP contribution is 2.29. The van der Waals surface area contributed by atoms with Gasteiger partial charge in [-0.2, -0.15) is 11.3 Å². The molecular formula is C23H21N5O2S. The van der Waals surface area contributed by atoms with Crippen molar-refractivity contribution in [1.82, 2.24) is 19.5 Å². The number of hydrogen-bond acceptors (Lipinski definition) is 7. The van der Waals surface area contributed by atoms with Crippen molar-refractivity contribution in [3.63, 3.8) is 0 Å². The Hall–Kier alpha value is -3.36. The summed E-state index contributed by atoms with van der Waals surface area (Å²) in [6.45, 7) is 1.83. The maximum absolute atomic E-state index is 12.6. The van der Waals surface area contributed by atoms with Crippen molar-refractivity contribution in [2.75, 3.05) is 24.6 Å². The summed E-state index contributed by atoms with van der Waals surface area (Å²) in [6, 6.07) is 13.8. The lowest BCUT2D eigenvalue weighted by atomic mass is 10.0. The lowest BCUT2D eigenvalue weighted by molar-refractivity contribution is 0.0390. The summed E-state index contributed by atoms with van der Waals surface area (Å²) in [6.07, 6.45) is 3.00. The number of thiophene rings is 1. The fourth-order valence-corrected chi connectivity index (χ4v) is 4.43. The SMILES string of the molecule is Cn1c(N2CCOC(c3cccc(-c4ccsc4)c3)C2)nc(-c2ccncn2)cc1=O. The molecule has 1 atom stereocenters. The fraction of sp³-hybridized carbons (Fsp3) is 0.217. The molecule has 7 nitrogen and oxygen atoms in total. The summed E-state index contributed by atoms with van der Waals surface area (Å²) >= 11 is 1.69. The number of benzene rings is 1. The summed E-state index contributed by atoms with van der Waals surface area (Å²) in [4.78, 5) is 27.7. The van der Waals surface area contributed by atoms with E-state index in [9.17, 15) is 4.79 Å². The van der Waals surface area contributed by atoms with E-state index in [2.05, 4.69) is 56.0 Å². The highest BCUT2D eigenvalue weighted by Gasteiger charge is 2.25. The van der Waals surface area contributed by atoms with Crippen molar-refractivity contribution >= 4 is 17.3 Å². The van der Waals surface area contributed by atoms with Crippen molar-refractivity contribution in [2.24, 2.45) is 7.05 Å². The number of anilines is 1. The van der Waals surface area contributed by atoms with Crippen molar-refractivity contribution in [2.45, 2.75) is 6.10 Å². The predicted octanol–water partition coefficient (Wildman–Crippen LogP) is 3.54. The van der Waals surface area contributed by atoms with Crippen LogP contribution in [0.25, 0.3) is 22.5 Å². The Kier molecular flexibility index (Phi) is 5.31. The van der Waals surface area contributed by atoms with Crippen LogP contribution in [0.3, 0.4) is 0 Å². The predicted molar refractivity (Wildman–Crippen MR) is 121 cm³/mol. The van der Waals surface area contributed by atoms with Gasteiger partial charge in [0.05, 0.1) is 24.5 Å². The van der Waals surface area contributed by atoms with Gasteiger partial charge in [0.15, 0.2) is 0 Å². The number of hydrogen-bond donors (Lipinski definition) is 0. The molecule has 0 aliphatic carbocycles. The molecule has 0 saturated carbocycles. The molecule has 1 aliphatic rings. The number of rotatable bonds is 4. The zero-order valence-corrected chi connectivity index (χ0v) is 17.8. The smallest absolute Gasteiger partial charge is 0.255 e. The minimum atomic E-state index is -0.124. The van der Waals surface area contributed by atoms with Crippen LogP contribution in [0.5, 0.6) is 0 Å². The van der Waals surface area contributed by atoms with Crippen LogP contribution in [0.1, 0.15) is 11.7 Å². The van der Waals surface area contributed by atoms with Gasteiger partial charge in [-0.3, -0.25) is 9.36 Å². The summed E-state index contributed by atoms with van der Waals surface area (Å²) in [7, 11) is 1.75. The average Bonchev–Trinajstić information content (AvgIpc) is 3.37. The highest BCUT2D eigenvalue weighted by atomic mass is 32.1. The Balaban J connectivity index is 1.46. The Labute approximate surface area is 183 Å². The van der Waals surface area contributed by atoms with Gasteiger partial charge in [0.2, 0.25) is 5.95 Å². The zero-order valence-electron chi connectivity index (χ0n) is 17.0. The van der Waals surface area contributed by atoms with Crippen LogP contribution >= 0.6 is 11.3 Å². The van der Waals surface area contributed by atoms with E-state index in [0.29, 0.717) is 37.0 Å². The lowest BCUT2D eigenvalue weighted by Crippen LogP contribution is -2.41. The Bertz CT molecular complexity index is 1240. The fourth-order valence-electron chi connectivity index (χ4n) is 3.76. The van der Waals surface area contributed by atoms with Gasteiger partial charge in [-0.1, -0.05) is 18.2 Å². The molecule has 4 aromatic rings. The number of nitrogens with zero attached hydrogens (tertiary/aromatic N) is 5. The van der Waals surface area contributed by atoms with E-state index >= 15 is 0 Å². The molecule has 156 valence electrons. The van der Waals surface area contributed by atoms with Gasteiger partial charge in [-0.05, 0) is 45.6 Å². The van der Waals surface area contributed by atoms with E-state index in [1.54, 1.807) is 35.2 Å². The van der Waals surface area contributed by atoms with Crippen LogP contribution in [0.2, 0.25) is 0 Å². The summed E-state index contributed by atoms with van der Waals surface area (Å²) in [5.41, 5.74) is 4.55. The molecule has 31 heavy (non-hydrogen) atoms. The number of morpholine rings is 1. The van der Waals surface area contributed by atoms with E-state index in [0.717, 1.165) is 5.56 Å². The van der Waals surface area contributed by atoms with Gasteiger partial charge in [-0.15, -0.1) is 0 Å². The van der Waals surface area contributed by atoms with E-state index in [1.807, 2.05) is 0 Å². The van der Waals surface area contributed by atoms with Gasteiger partial charge in [0.1, 0.15) is 12.4 Å². The monoisotopic (exact) mass is 431 g/mol. The van der Waals surface area contributed by atoms with Gasteiger partial charge >= 0.3 is 0 Å². The molecule has 0 radical (unpaired) electrons. The quantitative estimate of drug-likeness (QED) is 0.492. The maximum Gasteiger partial charge on any atom is 0.255 e. The van der Waals surface area contributed by atoms with Crippen molar-refractivity contribution < 1.29 is 4.74 Å². The average molecular weight is 432 g/mol. The molecule has 3 aromatic heterocycles. The Morgan fingerprint density at radius 2 is 2.06 bits per heavy atom. The third-order valence-electron chi connectivity index (χ3n) is 5.42. The van der Waals surface area contributed by atoms with Gasteiger partial charge in [0.25, 0.3) is 5.56 Å². The molecule has 0 N–H and O–H groups in total. The van der Waals surface area contributed by atoms with E-state index in [4.69, 9.17) is 9.72 Å². The van der Waals surface area contributed by atoms with Gasteiger partial charge in [-0.25, -0.2) is 15.0 Å². The minimum absolute atomic E-state index is 0.105. The molecule has 1 unspecified atom stereocenters. The van der Waals surface area contributed by atoms with Crippen LogP contribution in [0.4, 0.5) is 5.95 Å². The molecule has 0 amide bonds. The molecule has 8 heteroatoms. The zero-order chi connectivity index (χ0) is 21.2. The summed E-state index contributed by atoms with van der Waals surface area (Å²) in [5, 5.41) is 4.23. The van der Waals surface area contributed by atoms with Crippen LogP contribution in [-0.2, 0) is 11.8 Å². The van der Waals surface area contributed by atoms with Crippen molar-refractivity contribution in [3.8, 4) is 22.5 Å². The van der Waals surface area contributed by atoms with Crippen LogP contribution in [-0.4, -0.2) is 39.2 Å². The topological polar surface area (TPSA) is 73.1 Å². The molecule has 5 rings (SSSR count). The molecule has 1 saturated heterocycles. The molecule has 4 heterocycles. The number of aromatic nitrogens is 4. The van der Waals surface area contributed by atoms with Crippen LogP contribution < -0.4 is 10.5 Å². The third-order valence-corrected chi connectivity index (χ3v) is 6.10. The first-order valence-electron chi connectivity index (χ1n) is 10.0. The second-order valence-electron chi connectivity index (χ2n) is 7.38. The second kappa shape index (κ2) is 8.41. The van der Waals surface area contributed by atoms with E-state index in [1.165, 1.54) is 23.5 Å². The van der Waals surface area contributed by atoms with E-state index in [-0.39, 0.29) is 11.7 Å². The number of ether oxygens (including phenoxy) is 1. The van der Waals surface area contributed by atoms with Crippen molar-refractivity contribution in [1.29, 1.82) is 0 Å². The first-order chi connectivity index (χ1) is 15.2. The molecule has 0 bridgehead atoms. The Morgan fingerprint density at radius 3 is 2.87 bits per heavy atom. The highest BCUT2D eigenvalue weighted by molar-refractivity contribution is 7.08. The van der Waals surface area contributed by atoms with Gasteiger partial charge < -0.3 is 9.64 Å². The Morgan fingerprint density at radius 1 is 1.13 bits per heavy atom. The van der Waals surface area contributed by atoms with Crippen LogP contribution in [0.15, 0.2) is 70.5 Å². The minimum Gasteiger partial charge on any atom is -0.370 e. The maximum atomic E-state index is 12.6. The van der Waals surface area contributed by atoms with E-state index < -0.39 is 0 Å². The molecule has 1 aliphatic heterocycles. The van der Waals surface area contributed by atoms with Gasteiger partial charge in [0, 0.05) is 25.9 Å². The lowest BCUT2D eigenvalue weighted by Gasteiger charge is -2.34. The molecular weight excluding hydrogens is 410 g/mol. The second-order valence-corrected chi connectivity index (χ2v) is 8.16.